The Labute approximate surface area is 116 Å². The molecule has 3 atom stereocenters. The molecule has 6 heteroatoms. The molecule has 5 nitrogen and oxygen atoms in total. The standard InChI is InChI=1S/C12H20BrN5/c1-3-8-4-5-9(7(8)2)17-11-10(13)12(18-14)16-6-15-11/h6-9H,3-5,14H2,1-2H3,(H2,15,16,17,18). The maximum atomic E-state index is 5.40. The van der Waals surface area contributed by atoms with Crippen LogP contribution >= 0.6 is 15.9 Å². The van der Waals surface area contributed by atoms with E-state index in [1.54, 1.807) is 0 Å². The third-order valence-corrected chi connectivity index (χ3v) is 4.75. The van der Waals surface area contributed by atoms with Gasteiger partial charge in [-0.05, 0) is 40.6 Å². The summed E-state index contributed by atoms with van der Waals surface area (Å²) in [5.74, 6) is 8.30. The Balaban J connectivity index is 2.11. The van der Waals surface area contributed by atoms with Gasteiger partial charge in [-0.15, -0.1) is 0 Å². The summed E-state index contributed by atoms with van der Waals surface area (Å²) in [5.41, 5.74) is 2.55. The summed E-state index contributed by atoms with van der Waals surface area (Å²) in [5, 5.41) is 3.50. The van der Waals surface area contributed by atoms with Gasteiger partial charge < -0.3 is 10.7 Å². The van der Waals surface area contributed by atoms with Gasteiger partial charge in [-0.1, -0.05) is 20.3 Å². The van der Waals surface area contributed by atoms with Gasteiger partial charge >= 0.3 is 0 Å². The molecule has 18 heavy (non-hydrogen) atoms. The zero-order valence-electron chi connectivity index (χ0n) is 10.8. The number of anilines is 2. The van der Waals surface area contributed by atoms with Crippen LogP contribution in [0.3, 0.4) is 0 Å². The molecule has 1 saturated carbocycles. The molecule has 0 bridgehead atoms. The van der Waals surface area contributed by atoms with E-state index in [9.17, 15) is 0 Å². The minimum absolute atomic E-state index is 0.478. The van der Waals surface area contributed by atoms with E-state index in [1.807, 2.05) is 0 Å². The number of halogens is 1. The zero-order valence-corrected chi connectivity index (χ0v) is 12.4. The van der Waals surface area contributed by atoms with Crippen LogP contribution < -0.4 is 16.6 Å². The van der Waals surface area contributed by atoms with Crippen LogP contribution in [0.1, 0.15) is 33.1 Å². The number of rotatable bonds is 4. The first-order chi connectivity index (χ1) is 8.67. The predicted octanol–water partition coefficient (Wildman–Crippen LogP) is 2.76. The normalized spacial score (nSPS) is 27.2. The van der Waals surface area contributed by atoms with E-state index < -0.39 is 0 Å². The van der Waals surface area contributed by atoms with Gasteiger partial charge in [-0.25, -0.2) is 15.8 Å². The average molecular weight is 314 g/mol. The Bertz CT molecular complexity index is 411. The second-order valence-corrected chi connectivity index (χ2v) is 5.68. The van der Waals surface area contributed by atoms with Crippen LogP contribution in [0.4, 0.5) is 11.6 Å². The van der Waals surface area contributed by atoms with E-state index >= 15 is 0 Å². The van der Waals surface area contributed by atoms with Crippen molar-refractivity contribution in [1.29, 1.82) is 0 Å². The molecular weight excluding hydrogens is 294 g/mol. The number of hydrogen-bond acceptors (Lipinski definition) is 5. The molecule has 1 aromatic heterocycles. The molecule has 0 aromatic carbocycles. The Morgan fingerprint density at radius 3 is 2.72 bits per heavy atom. The Morgan fingerprint density at radius 2 is 2.11 bits per heavy atom. The van der Waals surface area contributed by atoms with Crippen molar-refractivity contribution < 1.29 is 0 Å². The summed E-state index contributed by atoms with van der Waals surface area (Å²) in [6.45, 7) is 4.58. The van der Waals surface area contributed by atoms with Crippen molar-refractivity contribution in [3.63, 3.8) is 0 Å². The topological polar surface area (TPSA) is 75.9 Å². The summed E-state index contributed by atoms with van der Waals surface area (Å²) < 4.78 is 0.791. The number of nitrogens with two attached hydrogens (primary N) is 1. The molecule has 0 aliphatic heterocycles. The highest BCUT2D eigenvalue weighted by Gasteiger charge is 2.32. The number of nitrogens with zero attached hydrogens (tertiary/aromatic N) is 2. The third kappa shape index (κ3) is 2.59. The van der Waals surface area contributed by atoms with Crippen LogP contribution in [0.5, 0.6) is 0 Å². The molecule has 2 rings (SSSR count). The van der Waals surface area contributed by atoms with E-state index in [-0.39, 0.29) is 0 Å². The quantitative estimate of drug-likeness (QED) is 0.588. The maximum absolute atomic E-state index is 5.40. The SMILES string of the molecule is CCC1CCC(Nc2ncnc(NN)c2Br)C1C. The molecular formula is C12H20BrN5. The maximum Gasteiger partial charge on any atom is 0.159 e. The number of hydrogen-bond donors (Lipinski definition) is 3. The first-order valence-corrected chi connectivity index (χ1v) is 7.20. The summed E-state index contributed by atoms with van der Waals surface area (Å²) in [4.78, 5) is 8.32. The number of aromatic nitrogens is 2. The molecule has 1 aliphatic rings. The molecule has 1 fully saturated rings. The van der Waals surface area contributed by atoms with Gasteiger partial charge in [-0.3, -0.25) is 0 Å². The second kappa shape index (κ2) is 5.84. The van der Waals surface area contributed by atoms with E-state index in [2.05, 4.69) is 50.5 Å². The van der Waals surface area contributed by atoms with Crippen molar-refractivity contribution in [1.82, 2.24) is 9.97 Å². The summed E-state index contributed by atoms with van der Waals surface area (Å²) in [6.07, 6.45) is 5.25. The highest BCUT2D eigenvalue weighted by molar-refractivity contribution is 9.10. The lowest BCUT2D eigenvalue weighted by Crippen LogP contribution is -2.25. The van der Waals surface area contributed by atoms with Crippen LogP contribution in [0.2, 0.25) is 0 Å². The van der Waals surface area contributed by atoms with Crippen molar-refractivity contribution in [3.8, 4) is 0 Å². The smallest absolute Gasteiger partial charge is 0.159 e. The fraction of sp³-hybridized carbons (Fsp3) is 0.667. The van der Waals surface area contributed by atoms with E-state index in [4.69, 9.17) is 5.84 Å². The lowest BCUT2D eigenvalue weighted by atomic mass is 9.93. The first-order valence-electron chi connectivity index (χ1n) is 6.41. The second-order valence-electron chi connectivity index (χ2n) is 4.88. The molecule has 1 heterocycles. The minimum atomic E-state index is 0.478. The van der Waals surface area contributed by atoms with Crippen molar-refractivity contribution in [3.05, 3.63) is 10.8 Å². The molecule has 1 aromatic rings. The molecule has 1 aliphatic carbocycles. The molecule has 3 unspecified atom stereocenters. The predicted molar refractivity (Wildman–Crippen MR) is 77.1 cm³/mol. The largest absolute Gasteiger partial charge is 0.366 e. The monoisotopic (exact) mass is 313 g/mol. The Hall–Kier alpha value is -0.880. The minimum Gasteiger partial charge on any atom is -0.366 e. The average Bonchev–Trinajstić information content (AvgIpc) is 2.73. The van der Waals surface area contributed by atoms with Gasteiger partial charge in [-0.2, -0.15) is 0 Å². The highest BCUT2D eigenvalue weighted by atomic mass is 79.9. The number of nitrogen functional groups attached to an aromatic ring is 1. The van der Waals surface area contributed by atoms with Crippen LogP contribution in [0, 0.1) is 11.8 Å². The summed E-state index contributed by atoms with van der Waals surface area (Å²) in [6, 6.07) is 0.478. The van der Waals surface area contributed by atoms with Gasteiger partial charge in [0.25, 0.3) is 0 Å². The van der Waals surface area contributed by atoms with Crippen LogP contribution in [0.25, 0.3) is 0 Å². The fourth-order valence-electron chi connectivity index (χ4n) is 2.77. The first kappa shape index (κ1) is 13.5. The van der Waals surface area contributed by atoms with Crippen molar-refractivity contribution in [2.75, 3.05) is 10.7 Å². The molecule has 0 saturated heterocycles. The lowest BCUT2D eigenvalue weighted by Gasteiger charge is -2.22. The van der Waals surface area contributed by atoms with Gasteiger partial charge in [0, 0.05) is 6.04 Å². The van der Waals surface area contributed by atoms with Crippen molar-refractivity contribution in [2.24, 2.45) is 17.7 Å². The van der Waals surface area contributed by atoms with Crippen LogP contribution in [0.15, 0.2) is 10.8 Å². The van der Waals surface area contributed by atoms with Gasteiger partial charge in [0.15, 0.2) is 5.82 Å². The highest BCUT2D eigenvalue weighted by Crippen LogP contribution is 2.37. The summed E-state index contributed by atoms with van der Waals surface area (Å²) >= 11 is 3.47. The van der Waals surface area contributed by atoms with E-state index in [0.717, 1.165) is 16.2 Å². The van der Waals surface area contributed by atoms with Crippen molar-refractivity contribution in [2.45, 2.75) is 39.2 Å². The lowest BCUT2D eigenvalue weighted by molar-refractivity contribution is 0.391. The van der Waals surface area contributed by atoms with Crippen LogP contribution in [-0.4, -0.2) is 16.0 Å². The van der Waals surface area contributed by atoms with Crippen LogP contribution in [-0.2, 0) is 0 Å². The molecule has 100 valence electrons. The third-order valence-electron chi connectivity index (χ3n) is 4.00. The van der Waals surface area contributed by atoms with Gasteiger partial charge in [0.2, 0.25) is 0 Å². The number of nitrogens with one attached hydrogen (secondary N) is 2. The Kier molecular flexibility index (Phi) is 4.40. The fourth-order valence-corrected chi connectivity index (χ4v) is 3.21. The van der Waals surface area contributed by atoms with E-state index in [0.29, 0.717) is 17.8 Å². The van der Waals surface area contributed by atoms with E-state index in [1.165, 1.54) is 25.6 Å². The molecule has 0 amide bonds. The number of hydrazine groups is 1. The summed E-state index contributed by atoms with van der Waals surface area (Å²) in [7, 11) is 0. The Morgan fingerprint density at radius 1 is 1.39 bits per heavy atom. The molecule has 0 spiro atoms. The zero-order chi connectivity index (χ0) is 13.1. The molecule has 4 N–H and O–H groups in total. The van der Waals surface area contributed by atoms with Crippen molar-refractivity contribution >= 4 is 27.6 Å². The van der Waals surface area contributed by atoms with Gasteiger partial charge in [0.1, 0.15) is 16.6 Å². The van der Waals surface area contributed by atoms with Gasteiger partial charge in [0.05, 0.1) is 0 Å². The molecule has 0 radical (unpaired) electrons.